The molecular weight excluding hydrogens is 377 g/mol. The molecule has 28 heavy (non-hydrogen) atoms. The van der Waals surface area contributed by atoms with Crippen LogP contribution in [-0.2, 0) is 0 Å². The van der Waals surface area contributed by atoms with E-state index in [0.717, 1.165) is 29.1 Å². The SMILES string of the molecule is COc1cc(NC2=CC(c3ccc(F)cc3)CC=C2)ccc1-n1cnc(Cl)c1. The lowest BCUT2D eigenvalue weighted by Gasteiger charge is -2.19. The zero-order chi connectivity index (χ0) is 19.5. The number of benzene rings is 2. The number of rotatable bonds is 5. The van der Waals surface area contributed by atoms with Gasteiger partial charge in [-0.1, -0.05) is 35.9 Å². The van der Waals surface area contributed by atoms with Crippen LogP contribution in [0.15, 0.2) is 78.9 Å². The number of ether oxygens (including phenoxy) is 1. The minimum absolute atomic E-state index is 0.211. The number of imidazole rings is 1. The lowest BCUT2D eigenvalue weighted by Crippen LogP contribution is -2.06. The number of halogens is 2. The molecule has 0 spiro atoms. The Morgan fingerprint density at radius 3 is 2.75 bits per heavy atom. The number of hydrogen-bond acceptors (Lipinski definition) is 3. The molecule has 0 saturated heterocycles. The second-order valence-electron chi connectivity index (χ2n) is 6.53. The van der Waals surface area contributed by atoms with Crippen molar-refractivity contribution < 1.29 is 9.13 Å². The lowest BCUT2D eigenvalue weighted by atomic mass is 9.91. The van der Waals surface area contributed by atoms with Gasteiger partial charge in [0.1, 0.15) is 23.0 Å². The van der Waals surface area contributed by atoms with Crippen molar-refractivity contribution >= 4 is 17.3 Å². The van der Waals surface area contributed by atoms with Crippen LogP contribution in [0, 0.1) is 5.82 Å². The number of methoxy groups -OCH3 is 1. The van der Waals surface area contributed by atoms with Gasteiger partial charge in [0.15, 0.2) is 0 Å². The zero-order valence-electron chi connectivity index (χ0n) is 15.3. The van der Waals surface area contributed by atoms with Crippen molar-refractivity contribution in [1.29, 1.82) is 0 Å². The highest BCUT2D eigenvalue weighted by Crippen LogP contribution is 2.31. The summed E-state index contributed by atoms with van der Waals surface area (Å²) in [5.41, 5.74) is 3.84. The van der Waals surface area contributed by atoms with Gasteiger partial charge >= 0.3 is 0 Å². The van der Waals surface area contributed by atoms with Crippen molar-refractivity contribution in [2.75, 3.05) is 12.4 Å². The number of aromatic nitrogens is 2. The molecule has 0 amide bonds. The number of allylic oxidation sites excluding steroid dienone is 3. The highest BCUT2D eigenvalue weighted by Gasteiger charge is 2.13. The Kier molecular flexibility index (Phi) is 5.17. The maximum absolute atomic E-state index is 13.2. The molecule has 0 aliphatic heterocycles. The maximum Gasteiger partial charge on any atom is 0.147 e. The van der Waals surface area contributed by atoms with Gasteiger partial charge in [-0.15, -0.1) is 0 Å². The smallest absolute Gasteiger partial charge is 0.147 e. The Balaban J connectivity index is 1.56. The largest absolute Gasteiger partial charge is 0.494 e. The number of anilines is 1. The fourth-order valence-corrected chi connectivity index (χ4v) is 3.42. The molecule has 2 aromatic carbocycles. The molecular formula is C22H19ClFN3O. The molecule has 0 saturated carbocycles. The molecule has 3 aromatic rings. The van der Waals surface area contributed by atoms with Gasteiger partial charge < -0.3 is 14.6 Å². The van der Waals surface area contributed by atoms with E-state index in [1.807, 2.05) is 34.9 Å². The highest BCUT2D eigenvalue weighted by atomic mass is 35.5. The first-order valence-corrected chi connectivity index (χ1v) is 9.29. The first-order chi connectivity index (χ1) is 13.6. The first-order valence-electron chi connectivity index (χ1n) is 8.91. The van der Waals surface area contributed by atoms with Crippen LogP contribution in [-0.4, -0.2) is 16.7 Å². The van der Waals surface area contributed by atoms with Gasteiger partial charge in [0.25, 0.3) is 0 Å². The minimum atomic E-state index is -0.219. The second-order valence-corrected chi connectivity index (χ2v) is 6.92. The van der Waals surface area contributed by atoms with Gasteiger partial charge in [-0.25, -0.2) is 9.37 Å². The van der Waals surface area contributed by atoms with Crippen molar-refractivity contribution in [2.45, 2.75) is 12.3 Å². The summed E-state index contributed by atoms with van der Waals surface area (Å²) in [5.74, 6) is 0.695. The van der Waals surface area contributed by atoms with Gasteiger partial charge in [0.05, 0.1) is 12.8 Å². The van der Waals surface area contributed by atoms with Crippen LogP contribution in [0.1, 0.15) is 17.9 Å². The molecule has 142 valence electrons. The van der Waals surface area contributed by atoms with Crippen molar-refractivity contribution in [3.05, 3.63) is 95.4 Å². The molecule has 1 N–H and O–H groups in total. The molecule has 1 unspecified atom stereocenters. The van der Waals surface area contributed by atoms with E-state index in [9.17, 15) is 4.39 Å². The van der Waals surface area contributed by atoms with E-state index in [1.165, 1.54) is 12.1 Å². The number of hydrogen-bond donors (Lipinski definition) is 1. The summed E-state index contributed by atoms with van der Waals surface area (Å²) in [6.45, 7) is 0. The van der Waals surface area contributed by atoms with Gasteiger partial charge in [0.2, 0.25) is 0 Å². The summed E-state index contributed by atoms with van der Waals surface area (Å²) in [6.07, 6.45) is 10.6. The monoisotopic (exact) mass is 395 g/mol. The first kappa shape index (κ1) is 18.3. The minimum Gasteiger partial charge on any atom is -0.494 e. The van der Waals surface area contributed by atoms with Crippen LogP contribution in [0.4, 0.5) is 10.1 Å². The highest BCUT2D eigenvalue weighted by molar-refractivity contribution is 6.29. The Morgan fingerprint density at radius 1 is 1.21 bits per heavy atom. The van der Waals surface area contributed by atoms with Crippen LogP contribution < -0.4 is 10.1 Å². The van der Waals surface area contributed by atoms with Crippen LogP contribution in [0.5, 0.6) is 5.75 Å². The Bertz CT molecular complexity index is 1040. The van der Waals surface area contributed by atoms with Crippen molar-refractivity contribution in [3.63, 3.8) is 0 Å². The molecule has 1 heterocycles. The molecule has 1 atom stereocenters. The van der Waals surface area contributed by atoms with Gasteiger partial charge in [-0.3, -0.25) is 0 Å². The summed E-state index contributed by atoms with van der Waals surface area (Å²) in [6, 6.07) is 12.5. The molecule has 0 radical (unpaired) electrons. The van der Waals surface area contributed by atoms with Crippen LogP contribution in [0.3, 0.4) is 0 Å². The third-order valence-electron chi connectivity index (χ3n) is 4.66. The van der Waals surface area contributed by atoms with E-state index in [-0.39, 0.29) is 11.7 Å². The summed E-state index contributed by atoms with van der Waals surface area (Å²) in [7, 11) is 1.63. The number of nitrogens with one attached hydrogen (secondary N) is 1. The molecule has 4 rings (SSSR count). The standard InChI is InChI=1S/C22H19ClFN3O/c1-28-21-12-19(9-10-20(21)27-13-22(23)25-14-27)26-18-4-2-3-16(11-18)15-5-7-17(24)8-6-15/h2,4-14,16,26H,3H2,1H3. The predicted octanol–water partition coefficient (Wildman–Crippen LogP) is 5.71. The van der Waals surface area contributed by atoms with E-state index >= 15 is 0 Å². The number of nitrogens with zero attached hydrogens (tertiary/aromatic N) is 2. The van der Waals surface area contributed by atoms with Crippen LogP contribution in [0.25, 0.3) is 5.69 Å². The van der Waals surface area contributed by atoms with E-state index in [2.05, 4.69) is 28.5 Å². The Hall–Kier alpha value is -3.05. The topological polar surface area (TPSA) is 39.1 Å². The van der Waals surface area contributed by atoms with Crippen molar-refractivity contribution in [2.24, 2.45) is 0 Å². The van der Waals surface area contributed by atoms with E-state index in [4.69, 9.17) is 16.3 Å². The van der Waals surface area contributed by atoms with E-state index < -0.39 is 0 Å². The maximum atomic E-state index is 13.2. The lowest BCUT2D eigenvalue weighted by molar-refractivity contribution is 0.413. The molecule has 1 aliphatic carbocycles. The summed E-state index contributed by atoms with van der Waals surface area (Å²) in [5, 5.41) is 3.84. The summed E-state index contributed by atoms with van der Waals surface area (Å²) < 4.78 is 20.5. The summed E-state index contributed by atoms with van der Waals surface area (Å²) >= 11 is 5.92. The third-order valence-corrected chi connectivity index (χ3v) is 4.86. The molecule has 0 fully saturated rings. The van der Waals surface area contributed by atoms with Gasteiger partial charge in [-0.05, 0) is 42.3 Å². The normalized spacial score (nSPS) is 16.0. The van der Waals surface area contributed by atoms with Crippen molar-refractivity contribution in [3.8, 4) is 11.4 Å². The molecule has 1 aliphatic rings. The quantitative estimate of drug-likeness (QED) is 0.601. The van der Waals surface area contributed by atoms with Crippen molar-refractivity contribution in [1.82, 2.24) is 9.55 Å². The Morgan fingerprint density at radius 2 is 2.04 bits per heavy atom. The molecule has 6 heteroatoms. The molecule has 1 aromatic heterocycles. The zero-order valence-corrected chi connectivity index (χ0v) is 16.0. The van der Waals surface area contributed by atoms with Crippen LogP contribution in [0.2, 0.25) is 5.15 Å². The summed E-state index contributed by atoms with van der Waals surface area (Å²) in [4.78, 5) is 4.04. The molecule has 0 bridgehead atoms. The van der Waals surface area contributed by atoms with Gasteiger partial charge in [0, 0.05) is 29.6 Å². The fraction of sp³-hybridized carbons (Fsp3) is 0.136. The Labute approximate surface area is 167 Å². The predicted molar refractivity (Wildman–Crippen MR) is 110 cm³/mol. The van der Waals surface area contributed by atoms with Crippen LogP contribution >= 0.6 is 11.6 Å². The second kappa shape index (κ2) is 7.90. The average Bonchev–Trinajstić information content (AvgIpc) is 3.15. The molecule has 4 nitrogen and oxygen atoms in total. The van der Waals surface area contributed by atoms with Gasteiger partial charge in [-0.2, -0.15) is 0 Å². The van der Waals surface area contributed by atoms with E-state index in [0.29, 0.717) is 10.9 Å². The third kappa shape index (κ3) is 3.94. The average molecular weight is 396 g/mol. The van der Waals surface area contributed by atoms with E-state index in [1.54, 1.807) is 19.6 Å². The fourth-order valence-electron chi connectivity index (χ4n) is 3.27.